The van der Waals surface area contributed by atoms with Crippen molar-refractivity contribution >= 4 is 36.1 Å². The van der Waals surface area contributed by atoms with Crippen molar-refractivity contribution in [2.75, 3.05) is 33.3 Å². The topological polar surface area (TPSA) is 191 Å². The van der Waals surface area contributed by atoms with Gasteiger partial charge >= 0.3 is 24.2 Å². The van der Waals surface area contributed by atoms with Gasteiger partial charge in [0.1, 0.15) is 28.9 Å². The Labute approximate surface area is 248 Å². The summed E-state index contributed by atoms with van der Waals surface area (Å²) in [5.41, 5.74) is -2.35. The van der Waals surface area contributed by atoms with Gasteiger partial charge in [0, 0.05) is 26.2 Å². The average Bonchev–Trinajstić information content (AvgIpc) is 2.78. The Morgan fingerprint density at radius 3 is 1.45 bits per heavy atom. The molecule has 0 rings (SSSR count). The van der Waals surface area contributed by atoms with E-state index in [9.17, 15) is 28.8 Å². The maximum Gasteiger partial charge on any atom is 0.408 e. The van der Waals surface area contributed by atoms with Crippen LogP contribution >= 0.6 is 0 Å². The van der Waals surface area contributed by atoms with Crippen LogP contribution in [0.1, 0.15) is 75.7 Å². The third-order valence-corrected chi connectivity index (χ3v) is 4.75. The lowest BCUT2D eigenvalue weighted by atomic mass is 10.1. The van der Waals surface area contributed by atoms with E-state index in [-0.39, 0.29) is 26.2 Å². The van der Waals surface area contributed by atoms with Crippen molar-refractivity contribution < 1.29 is 47.7 Å². The molecule has 0 fully saturated rings. The maximum atomic E-state index is 13.4. The predicted octanol–water partition coefficient (Wildman–Crippen LogP) is 1.83. The normalized spacial score (nSPS) is 13.0. The summed E-state index contributed by atoms with van der Waals surface area (Å²) in [5, 5.41) is 9.86. The molecule has 42 heavy (non-hydrogen) atoms. The van der Waals surface area contributed by atoms with Gasteiger partial charge in [-0.25, -0.2) is 19.2 Å². The zero-order valence-corrected chi connectivity index (χ0v) is 26.7. The molecule has 0 spiro atoms. The third-order valence-electron chi connectivity index (χ3n) is 4.75. The molecule has 1 unspecified atom stereocenters. The van der Waals surface area contributed by atoms with Crippen LogP contribution in [0.25, 0.3) is 0 Å². The minimum absolute atomic E-state index is 0.0111. The number of carbonyl (C=O) groups is 6. The van der Waals surface area contributed by atoms with Gasteiger partial charge in [-0.3, -0.25) is 9.59 Å². The molecular formula is C27H49N5O10. The largest absolute Gasteiger partial charge is 0.467 e. The van der Waals surface area contributed by atoms with Crippen LogP contribution in [0, 0.1) is 0 Å². The fraction of sp³-hybridized carbons (Fsp3) is 0.778. The molecule has 0 bridgehead atoms. The SMILES string of the molecule is COC(=O)[C@H](C)NC(=O)C(CC(=O)N(CCNC(=O)OC(C)(C)C)CCNC(=O)OC(C)(C)C)NC(=O)OC(C)(C)C. The standard InChI is InChI=1S/C27H49N5O10/c1-17(21(35)39-11)30-20(34)18(31-24(38)42-27(8,9)10)16-19(33)32(14-12-28-22(36)40-25(2,3)4)15-13-29-23(37)41-26(5,6)7/h17-18H,12-16H2,1-11H3,(H,28,36)(H,29,37)(H,30,34)(H,31,38)/t17-,18?/m0/s1. The molecule has 5 amide bonds. The van der Waals surface area contributed by atoms with E-state index in [0.29, 0.717) is 0 Å². The summed E-state index contributed by atoms with van der Waals surface area (Å²) in [6.07, 6.45) is -2.87. The Bertz CT molecular complexity index is 916. The Balaban J connectivity index is 5.74. The van der Waals surface area contributed by atoms with E-state index >= 15 is 0 Å². The molecule has 0 aliphatic rings. The van der Waals surface area contributed by atoms with Crippen LogP contribution in [-0.4, -0.2) is 103 Å². The van der Waals surface area contributed by atoms with Crippen molar-refractivity contribution in [3.63, 3.8) is 0 Å². The number of esters is 1. The van der Waals surface area contributed by atoms with Gasteiger partial charge in [-0.2, -0.15) is 0 Å². The smallest absolute Gasteiger partial charge is 0.408 e. The molecule has 0 saturated carbocycles. The fourth-order valence-electron chi connectivity index (χ4n) is 3.09. The van der Waals surface area contributed by atoms with Gasteiger partial charge in [-0.15, -0.1) is 0 Å². The summed E-state index contributed by atoms with van der Waals surface area (Å²) in [6.45, 7) is 16.4. The highest BCUT2D eigenvalue weighted by Crippen LogP contribution is 2.10. The molecule has 242 valence electrons. The lowest BCUT2D eigenvalue weighted by Crippen LogP contribution is -2.54. The summed E-state index contributed by atoms with van der Waals surface area (Å²) < 4.78 is 20.3. The monoisotopic (exact) mass is 603 g/mol. The van der Waals surface area contributed by atoms with Gasteiger partial charge in [0.25, 0.3) is 0 Å². The van der Waals surface area contributed by atoms with Crippen LogP contribution in [0.5, 0.6) is 0 Å². The number of ether oxygens (including phenoxy) is 4. The van der Waals surface area contributed by atoms with Crippen LogP contribution in [0.15, 0.2) is 0 Å². The van der Waals surface area contributed by atoms with E-state index in [1.807, 2.05) is 0 Å². The fourth-order valence-corrected chi connectivity index (χ4v) is 3.09. The third kappa shape index (κ3) is 18.5. The molecule has 0 radical (unpaired) electrons. The summed E-state index contributed by atoms with van der Waals surface area (Å²) in [4.78, 5) is 76.1. The maximum absolute atomic E-state index is 13.4. The zero-order valence-electron chi connectivity index (χ0n) is 26.7. The number of hydrogen-bond donors (Lipinski definition) is 4. The van der Waals surface area contributed by atoms with Gasteiger partial charge in [0.2, 0.25) is 11.8 Å². The van der Waals surface area contributed by atoms with Crippen molar-refractivity contribution in [2.24, 2.45) is 0 Å². The molecule has 15 nitrogen and oxygen atoms in total. The first-order valence-corrected chi connectivity index (χ1v) is 13.6. The number of amides is 5. The highest BCUT2D eigenvalue weighted by molar-refractivity contribution is 5.93. The lowest BCUT2D eigenvalue weighted by molar-refractivity contribution is -0.144. The molecule has 0 aliphatic heterocycles. The van der Waals surface area contributed by atoms with E-state index in [1.165, 1.54) is 11.8 Å². The van der Waals surface area contributed by atoms with Gasteiger partial charge in [-0.1, -0.05) is 0 Å². The molecule has 2 atom stereocenters. The zero-order chi connectivity index (χ0) is 32.9. The lowest BCUT2D eigenvalue weighted by Gasteiger charge is -2.28. The molecule has 15 heteroatoms. The first-order valence-electron chi connectivity index (χ1n) is 13.6. The van der Waals surface area contributed by atoms with E-state index < -0.39 is 71.4 Å². The van der Waals surface area contributed by atoms with Gasteiger partial charge in [0.15, 0.2) is 0 Å². The second kappa shape index (κ2) is 16.6. The summed E-state index contributed by atoms with van der Waals surface area (Å²) in [7, 11) is 1.15. The Kier molecular flexibility index (Phi) is 15.1. The number of carbonyl (C=O) groups excluding carboxylic acids is 6. The highest BCUT2D eigenvalue weighted by Gasteiger charge is 2.30. The second-order valence-electron chi connectivity index (χ2n) is 12.4. The van der Waals surface area contributed by atoms with Crippen molar-refractivity contribution in [2.45, 2.75) is 105 Å². The minimum atomic E-state index is -1.43. The van der Waals surface area contributed by atoms with Crippen LogP contribution in [0.3, 0.4) is 0 Å². The van der Waals surface area contributed by atoms with Crippen molar-refractivity contribution in [3.05, 3.63) is 0 Å². The average molecular weight is 604 g/mol. The minimum Gasteiger partial charge on any atom is -0.467 e. The first kappa shape index (κ1) is 38.2. The van der Waals surface area contributed by atoms with Crippen molar-refractivity contribution in [1.82, 2.24) is 26.2 Å². The van der Waals surface area contributed by atoms with Gasteiger partial charge in [0.05, 0.1) is 13.5 Å². The quantitative estimate of drug-likeness (QED) is 0.189. The van der Waals surface area contributed by atoms with Gasteiger partial charge < -0.3 is 45.1 Å². The molecule has 4 N–H and O–H groups in total. The number of hydrogen-bond acceptors (Lipinski definition) is 10. The molecule has 0 saturated heterocycles. The molecule has 0 aromatic heterocycles. The number of methoxy groups -OCH3 is 1. The highest BCUT2D eigenvalue weighted by atomic mass is 16.6. The van der Waals surface area contributed by atoms with Crippen LogP contribution in [0.2, 0.25) is 0 Å². The summed E-state index contributed by atoms with van der Waals surface area (Å²) in [6, 6.07) is -2.49. The Hall–Kier alpha value is -3.78. The molecule has 0 aromatic carbocycles. The first-order chi connectivity index (χ1) is 19.0. The molecular weight excluding hydrogens is 554 g/mol. The van der Waals surface area contributed by atoms with E-state index in [2.05, 4.69) is 26.0 Å². The van der Waals surface area contributed by atoms with Crippen LogP contribution < -0.4 is 21.3 Å². The molecule has 0 aromatic rings. The van der Waals surface area contributed by atoms with Crippen LogP contribution in [0.4, 0.5) is 14.4 Å². The summed E-state index contributed by atoms with van der Waals surface area (Å²) >= 11 is 0. The Morgan fingerprint density at radius 1 is 0.667 bits per heavy atom. The van der Waals surface area contributed by atoms with Gasteiger partial charge in [-0.05, 0) is 69.2 Å². The Morgan fingerprint density at radius 2 is 1.07 bits per heavy atom. The van der Waals surface area contributed by atoms with Crippen molar-refractivity contribution in [1.29, 1.82) is 0 Å². The number of rotatable bonds is 12. The van der Waals surface area contributed by atoms with Crippen molar-refractivity contribution in [3.8, 4) is 0 Å². The number of alkyl carbamates (subject to hydrolysis) is 3. The van der Waals surface area contributed by atoms with Crippen LogP contribution in [-0.2, 0) is 33.3 Å². The number of nitrogens with one attached hydrogen (secondary N) is 4. The second-order valence-corrected chi connectivity index (χ2v) is 12.4. The predicted molar refractivity (Wildman–Crippen MR) is 152 cm³/mol. The molecule has 0 aliphatic carbocycles. The number of nitrogens with zero attached hydrogens (tertiary/aromatic N) is 1. The summed E-state index contributed by atoms with van der Waals surface area (Å²) in [5.74, 6) is -2.16. The molecule has 0 heterocycles. The van der Waals surface area contributed by atoms with E-state index in [1.54, 1.807) is 62.3 Å². The van der Waals surface area contributed by atoms with E-state index in [4.69, 9.17) is 14.2 Å². The van der Waals surface area contributed by atoms with E-state index in [0.717, 1.165) is 7.11 Å².